The molecule has 0 saturated carbocycles. The number of hydrogen-bond acceptors (Lipinski definition) is 6. The van der Waals surface area contributed by atoms with Gasteiger partial charge in [0.05, 0.1) is 18.3 Å². The number of methoxy groups -OCH3 is 1. The van der Waals surface area contributed by atoms with Gasteiger partial charge >= 0.3 is 0 Å². The second kappa shape index (κ2) is 7.76. The molecule has 0 bridgehead atoms. The van der Waals surface area contributed by atoms with E-state index < -0.39 is 0 Å². The monoisotopic (exact) mass is 359 g/mol. The Morgan fingerprint density at radius 2 is 2.04 bits per heavy atom. The Balaban J connectivity index is 1.69. The topological polar surface area (TPSA) is 72.0 Å². The van der Waals surface area contributed by atoms with E-state index in [1.54, 1.807) is 43.5 Å². The van der Waals surface area contributed by atoms with Gasteiger partial charge in [-0.3, -0.25) is 0 Å². The minimum absolute atomic E-state index is 0.275. The van der Waals surface area contributed by atoms with Gasteiger partial charge in [0.15, 0.2) is 5.82 Å². The van der Waals surface area contributed by atoms with Crippen molar-refractivity contribution in [3.05, 3.63) is 65.1 Å². The molecule has 0 saturated heterocycles. The van der Waals surface area contributed by atoms with E-state index in [1.807, 2.05) is 0 Å². The summed E-state index contributed by atoms with van der Waals surface area (Å²) in [6.07, 6.45) is 1.47. The van der Waals surface area contributed by atoms with Gasteiger partial charge in [-0.25, -0.2) is 4.39 Å². The number of benzene rings is 2. The number of halogens is 2. The van der Waals surface area contributed by atoms with E-state index >= 15 is 0 Å². The van der Waals surface area contributed by atoms with Crippen molar-refractivity contribution in [2.24, 2.45) is 0 Å². The number of rotatable bonds is 6. The van der Waals surface area contributed by atoms with Crippen molar-refractivity contribution >= 4 is 29.1 Å². The Bertz CT molecular complexity index is 877. The van der Waals surface area contributed by atoms with Gasteiger partial charge < -0.3 is 15.4 Å². The molecule has 0 spiro atoms. The summed E-state index contributed by atoms with van der Waals surface area (Å²) in [7, 11) is 1.55. The molecule has 0 amide bonds. The van der Waals surface area contributed by atoms with E-state index in [0.717, 1.165) is 0 Å². The Morgan fingerprint density at radius 1 is 1.20 bits per heavy atom. The fourth-order valence-corrected chi connectivity index (χ4v) is 2.40. The van der Waals surface area contributed by atoms with Crippen LogP contribution in [0.25, 0.3) is 0 Å². The van der Waals surface area contributed by atoms with Crippen LogP contribution in [0.3, 0.4) is 0 Å². The van der Waals surface area contributed by atoms with Crippen molar-refractivity contribution in [2.75, 3.05) is 17.7 Å². The summed E-state index contributed by atoms with van der Waals surface area (Å²) < 4.78 is 18.7. The number of ether oxygens (including phenoxy) is 1. The molecule has 0 atom stereocenters. The number of hydrogen-bond donors (Lipinski definition) is 2. The zero-order chi connectivity index (χ0) is 17.6. The highest BCUT2D eigenvalue weighted by atomic mass is 35.5. The Hall–Kier alpha value is -2.93. The van der Waals surface area contributed by atoms with Crippen molar-refractivity contribution in [3.8, 4) is 5.75 Å². The van der Waals surface area contributed by atoms with Crippen LogP contribution in [0.4, 0.5) is 21.8 Å². The second-order valence-electron chi connectivity index (χ2n) is 5.08. The molecule has 0 fully saturated rings. The van der Waals surface area contributed by atoms with E-state index in [0.29, 0.717) is 40.3 Å². The van der Waals surface area contributed by atoms with Crippen molar-refractivity contribution < 1.29 is 9.13 Å². The minimum Gasteiger partial charge on any atom is -0.495 e. The lowest BCUT2D eigenvalue weighted by atomic mass is 10.2. The number of anilines is 3. The maximum Gasteiger partial charge on any atom is 0.249 e. The molecule has 2 N–H and O–H groups in total. The van der Waals surface area contributed by atoms with Crippen molar-refractivity contribution in [1.29, 1.82) is 0 Å². The first-order chi connectivity index (χ1) is 12.2. The van der Waals surface area contributed by atoms with E-state index in [1.165, 1.54) is 12.3 Å². The normalized spacial score (nSPS) is 10.4. The van der Waals surface area contributed by atoms with E-state index in [9.17, 15) is 4.39 Å². The molecule has 3 rings (SSSR count). The number of nitrogens with zero attached hydrogens (tertiary/aromatic N) is 3. The van der Waals surface area contributed by atoms with Crippen LogP contribution in [-0.2, 0) is 6.54 Å². The van der Waals surface area contributed by atoms with Crippen LogP contribution < -0.4 is 15.4 Å². The smallest absolute Gasteiger partial charge is 0.249 e. The Morgan fingerprint density at radius 3 is 2.80 bits per heavy atom. The lowest BCUT2D eigenvalue weighted by Crippen LogP contribution is -2.06. The molecule has 8 heteroatoms. The fraction of sp³-hybridized carbons (Fsp3) is 0.118. The van der Waals surface area contributed by atoms with Gasteiger partial charge in [0.1, 0.15) is 11.6 Å². The zero-order valence-electron chi connectivity index (χ0n) is 13.3. The van der Waals surface area contributed by atoms with Gasteiger partial charge in [0, 0.05) is 17.8 Å². The van der Waals surface area contributed by atoms with Crippen LogP contribution in [0.5, 0.6) is 5.75 Å². The quantitative estimate of drug-likeness (QED) is 0.692. The highest BCUT2D eigenvalue weighted by Crippen LogP contribution is 2.28. The SMILES string of the molecule is COc1ccc(Nc2nncc(NCc3ccccc3F)n2)cc1Cl. The van der Waals surface area contributed by atoms with Crippen LogP contribution in [-0.4, -0.2) is 22.3 Å². The summed E-state index contributed by atoms with van der Waals surface area (Å²) in [5, 5.41) is 14.3. The average Bonchev–Trinajstić information content (AvgIpc) is 2.62. The maximum atomic E-state index is 13.6. The molecule has 1 aromatic heterocycles. The molecular weight excluding hydrogens is 345 g/mol. The van der Waals surface area contributed by atoms with Crippen LogP contribution in [0.1, 0.15) is 5.56 Å². The largest absolute Gasteiger partial charge is 0.495 e. The Labute approximate surface area is 149 Å². The third-order valence-electron chi connectivity index (χ3n) is 3.38. The zero-order valence-corrected chi connectivity index (χ0v) is 14.1. The number of nitrogens with one attached hydrogen (secondary N) is 2. The molecule has 0 radical (unpaired) electrons. The molecule has 3 aromatic rings. The van der Waals surface area contributed by atoms with E-state index in [4.69, 9.17) is 16.3 Å². The predicted octanol–water partition coefficient (Wildman–Crippen LogP) is 4.03. The summed E-state index contributed by atoms with van der Waals surface area (Å²) in [5.74, 6) is 1.06. The first-order valence-corrected chi connectivity index (χ1v) is 7.81. The van der Waals surface area contributed by atoms with E-state index in [2.05, 4.69) is 25.8 Å². The molecule has 0 aliphatic heterocycles. The summed E-state index contributed by atoms with van der Waals surface area (Å²) >= 11 is 6.09. The molecule has 2 aromatic carbocycles. The molecular formula is C17H15ClFN5O. The molecule has 0 unspecified atom stereocenters. The number of aromatic nitrogens is 3. The van der Waals surface area contributed by atoms with Gasteiger partial charge in [-0.2, -0.15) is 10.1 Å². The standard InChI is InChI=1S/C17H15ClFN5O/c1-25-15-7-6-12(8-13(15)18)22-17-23-16(10-21-24-17)20-9-11-4-2-3-5-14(11)19/h2-8,10H,9H2,1H3,(H2,20,22,23,24). The lowest BCUT2D eigenvalue weighted by Gasteiger charge is -2.09. The summed E-state index contributed by atoms with van der Waals surface area (Å²) in [5.41, 5.74) is 1.23. The van der Waals surface area contributed by atoms with Crippen LogP contribution in [0.15, 0.2) is 48.7 Å². The van der Waals surface area contributed by atoms with Crippen molar-refractivity contribution in [3.63, 3.8) is 0 Å². The van der Waals surface area contributed by atoms with Gasteiger partial charge in [0.25, 0.3) is 0 Å². The maximum absolute atomic E-state index is 13.6. The third-order valence-corrected chi connectivity index (χ3v) is 3.68. The highest BCUT2D eigenvalue weighted by Gasteiger charge is 2.06. The van der Waals surface area contributed by atoms with Crippen molar-refractivity contribution in [1.82, 2.24) is 15.2 Å². The molecule has 0 aliphatic rings. The van der Waals surface area contributed by atoms with Gasteiger partial charge in [-0.15, -0.1) is 5.10 Å². The minimum atomic E-state index is -0.275. The molecule has 25 heavy (non-hydrogen) atoms. The van der Waals surface area contributed by atoms with Gasteiger partial charge in [0.2, 0.25) is 5.95 Å². The van der Waals surface area contributed by atoms with Crippen molar-refractivity contribution in [2.45, 2.75) is 6.54 Å². The van der Waals surface area contributed by atoms with Crippen LogP contribution >= 0.6 is 11.6 Å². The molecule has 6 nitrogen and oxygen atoms in total. The molecule has 0 aliphatic carbocycles. The predicted molar refractivity (Wildman–Crippen MR) is 94.8 cm³/mol. The second-order valence-corrected chi connectivity index (χ2v) is 5.49. The van der Waals surface area contributed by atoms with Gasteiger partial charge in [-0.05, 0) is 24.3 Å². The average molecular weight is 360 g/mol. The van der Waals surface area contributed by atoms with Crippen LogP contribution in [0.2, 0.25) is 5.02 Å². The van der Waals surface area contributed by atoms with E-state index in [-0.39, 0.29) is 5.82 Å². The third kappa shape index (κ3) is 4.33. The summed E-state index contributed by atoms with van der Waals surface area (Å²) in [6, 6.07) is 11.8. The fourth-order valence-electron chi connectivity index (χ4n) is 2.14. The first kappa shape index (κ1) is 16.9. The Kier molecular flexibility index (Phi) is 5.25. The summed E-state index contributed by atoms with van der Waals surface area (Å²) in [4.78, 5) is 4.29. The highest BCUT2D eigenvalue weighted by molar-refractivity contribution is 6.32. The molecule has 128 valence electrons. The summed E-state index contributed by atoms with van der Waals surface area (Å²) in [6.45, 7) is 0.291. The lowest BCUT2D eigenvalue weighted by molar-refractivity contribution is 0.415. The molecule has 1 heterocycles. The first-order valence-electron chi connectivity index (χ1n) is 7.43. The van der Waals surface area contributed by atoms with Crippen LogP contribution in [0, 0.1) is 5.82 Å². The van der Waals surface area contributed by atoms with Gasteiger partial charge in [-0.1, -0.05) is 29.8 Å².